The smallest absolute Gasteiger partial charge is 0.0195 e. The van der Waals surface area contributed by atoms with Crippen molar-refractivity contribution in [2.75, 3.05) is 5.88 Å². The second kappa shape index (κ2) is 9.00. The van der Waals surface area contributed by atoms with Gasteiger partial charge in [0, 0.05) is 27.6 Å². The first-order valence-electron chi connectivity index (χ1n) is 0.974. The van der Waals surface area contributed by atoms with Gasteiger partial charge < -0.3 is 0 Å². The number of halogens is 1. The molecule has 0 atom stereocenters. The molecule has 2 heteroatoms. The summed E-state index contributed by atoms with van der Waals surface area (Å²) >= 11 is 5.00. The van der Waals surface area contributed by atoms with E-state index in [1.54, 1.807) is 0 Å². The van der Waals surface area contributed by atoms with Crippen LogP contribution in [0.5, 0.6) is 0 Å². The maximum absolute atomic E-state index is 5.00. The normalized spacial score (nSPS) is 4.50. The SMILES string of the molecule is CCCl.[Ti]. The van der Waals surface area contributed by atoms with Crippen LogP contribution in [-0.2, 0) is 21.7 Å². The zero-order valence-electron chi connectivity index (χ0n) is 2.59. The second-order valence-corrected chi connectivity index (χ2v) is 0.802. The van der Waals surface area contributed by atoms with Gasteiger partial charge in [-0.2, -0.15) is 0 Å². The van der Waals surface area contributed by atoms with Gasteiger partial charge in [0.05, 0.1) is 0 Å². The molecule has 0 aromatic carbocycles. The molecule has 0 aliphatic rings. The van der Waals surface area contributed by atoms with Crippen molar-refractivity contribution in [2.24, 2.45) is 0 Å². The summed E-state index contributed by atoms with van der Waals surface area (Å²) in [5.41, 5.74) is 0. The molecule has 0 nitrogen and oxygen atoms in total. The van der Waals surface area contributed by atoms with Crippen LogP contribution in [0.4, 0.5) is 0 Å². The Hall–Kier alpha value is 1.00. The molecular weight excluding hydrogens is 107 g/mol. The van der Waals surface area contributed by atoms with Gasteiger partial charge in [-0.05, 0) is 0 Å². The van der Waals surface area contributed by atoms with Crippen molar-refractivity contribution in [1.82, 2.24) is 0 Å². The molecule has 0 saturated heterocycles. The summed E-state index contributed by atoms with van der Waals surface area (Å²) < 4.78 is 0. The molecule has 0 bridgehead atoms. The summed E-state index contributed by atoms with van der Waals surface area (Å²) in [4.78, 5) is 0. The summed E-state index contributed by atoms with van der Waals surface area (Å²) in [5, 5.41) is 0. The van der Waals surface area contributed by atoms with E-state index in [0.717, 1.165) is 5.88 Å². The number of hydrogen-bond acceptors (Lipinski definition) is 0. The Morgan fingerprint density at radius 1 is 1.75 bits per heavy atom. The first-order valence-corrected chi connectivity index (χ1v) is 1.51. The van der Waals surface area contributed by atoms with Crippen molar-refractivity contribution in [3.05, 3.63) is 0 Å². The molecule has 0 amide bonds. The minimum Gasteiger partial charge on any atom is -0.127 e. The van der Waals surface area contributed by atoms with Crippen LogP contribution in [0.15, 0.2) is 0 Å². The molecule has 0 rings (SSSR count). The Balaban J connectivity index is 0. The van der Waals surface area contributed by atoms with Crippen LogP contribution in [0.3, 0.4) is 0 Å². The van der Waals surface area contributed by atoms with Crippen molar-refractivity contribution in [3.63, 3.8) is 0 Å². The van der Waals surface area contributed by atoms with Crippen molar-refractivity contribution in [2.45, 2.75) is 6.92 Å². The predicted molar refractivity (Wildman–Crippen MR) is 16.4 cm³/mol. The first kappa shape index (κ1) is 8.89. The topological polar surface area (TPSA) is 0 Å². The molecule has 0 aromatic rings. The molecule has 0 heterocycles. The Kier molecular flexibility index (Phi) is 20.0. The molecule has 0 saturated carbocycles. The van der Waals surface area contributed by atoms with Crippen LogP contribution in [0.25, 0.3) is 0 Å². The minimum atomic E-state index is 0. The van der Waals surface area contributed by atoms with Crippen LogP contribution in [0.2, 0.25) is 0 Å². The maximum Gasteiger partial charge on any atom is 0.0195 e. The summed E-state index contributed by atoms with van der Waals surface area (Å²) in [6, 6.07) is 0. The molecule has 0 aliphatic carbocycles. The van der Waals surface area contributed by atoms with Gasteiger partial charge in [-0.25, -0.2) is 0 Å². The van der Waals surface area contributed by atoms with E-state index in [2.05, 4.69) is 0 Å². The van der Waals surface area contributed by atoms with Gasteiger partial charge in [0.25, 0.3) is 0 Å². The molecule has 0 aliphatic heterocycles. The van der Waals surface area contributed by atoms with E-state index in [1.807, 2.05) is 6.92 Å². The quantitative estimate of drug-likeness (QED) is 0.327. The average molecular weight is 112 g/mol. The molecule has 0 fully saturated rings. The van der Waals surface area contributed by atoms with Crippen LogP contribution < -0.4 is 0 Å². The molecule has 0 radical (unpaired) electrons. The zero-order valence-corrected chi connectivity index (χ0v) is 4.90. The van der Waals surface area contributed by atoms with Crippen LogP contribution in [0.1, 0.15) is 6.92 Å². The molecule has 0 N–H and O–H groups in total. The minimum absolute atomic E-state index is 0. The van der Waals surface area contributed by atoms with E-state index in [0.29, 0.717) is 0 Å². The van der Waals surface area contributed by atoms with Gasteiger partial charge >= 0.3 is 0 Å². The maximum atomic E-state index is 5.00. The van der Waals surface area contributed by atoms with Gasteiger partial charge in [-0.3, -0.25) is 0 Å². The second-order valence-electron chi connectivity index (χ2n) is 0.267. The predicted octanol–water partition coefficient (Wildman–Crippen LogP) is 1.24. The van der Waals surface area contributed by atoms with Gasteiger partial charge in [-0.1, -0.05) is 6.92 Å². The Bertz CT molecular complexity index is 6.00. The Labute approximate surface area is 46.4 Å². The monoisotopic (exact) mass is 112 g/mol. The molecular formula is C2H5ClTi. The first-order chi connectivity index (χ1) is 1.41. The number of rotatable bonds is 0. The van der Waals surface area contributed by atoms with E-state index in [-0.39, 0.29) is 21.7 Å². The van der Waals surface area contributed by atoms with Crippen LogP contribution >= 0.6 is 11.6 Å². The number of alkyl halides is 1. The van der Waals surface area contributed by atoms with Gasteiger partial charge in [0.15, 0.2) is 0 Å². The molecule has 4 heavy (non-hydrogen) atoms. The summed E-state index contributed by atoms with van der Waals surface area (Å²) in [7, 11) is 0. The third-order valence-corrected chi connectivity index (χ3v) is 0. The fourth-order valence-electron chi connectivity index (χ4n) is 0. The van der Waals surface area contributed by atoms with E-state index < -0.39 is 0 Å². The van der Waals surface area contributed by atoms with Gasteiger partial charge in [0.2, 0.25) is 0 Å². The molecule has 0 aromatic heterocycles. The van der Waals surface area contributed by atoms with E-state index in [1.165, 1.54) is 0 Å². The molecule has 0 unspecified atom stereocenters. The largest absolute Gasteiger partial charge is 0.127 e. The fraction of sp³-hybridized carbons (Fsp3) is 1.00. The van der Waals surface area contributed by atoms with E-state index in [4.69, 9.17) is 11.6 Å². The van der Waals surface area contributed by atoms with Crippen molar-refractivity contribution in [1.29, 1.82) is 0 Å². The Morgan fingerprint density at radius 3 is 1.75 bits per heavy atom. The van der Waals surface area contributed by atoms with Crippen LogP contribution in [0, 0.1) is 0 Å². The summed E-state index contributed by atoms with van der Waals surface area (Å²) in [6.45, 7) is 1.89. The third kappa shape index (κ3) is 12.0. The zero-order chi connectivity index (χ0) is 2.71. The van der Waals surface area contributed by atoms with Crippen molar-refractivity contribution >= 4 is 11.6 Å². The van der Waals surface area contributed by atoms with Gasteiger partial charge in [-0.15, -0.1) is 11.6 Å². The van der Waals surface area contributed by atoms with Crippen molar-refractivity contribution in [3.8, 4) is 0 Å². The van der Waals surface area contributed by atoms with Gasteiger partial charge in [0.1, 0.15) is 0 Å². The number of hydrogen-bond donors (Lipinski definition) is 0. The average Bonchev–Trinajstić information content (AvgIpc) is 0.918. The van der Waals surface area contributed by atoms with E-state index >= 15 is 0 Å². The molecule has 0 spiro atoms. The van der Waals surface area contributed by atoms with Crippen molar-refractivity contribution < 1.29 is 21.7 Å². The van der Waals surface area contributed by atoms with E-state index in [9.17, 15) is 0 Å². The fourth-order valence-corrected chi connectivity index (χ4v) is 0. The summed E-state index contributed by atoms with van der Waals surface area (Å²) in [5.74, 6) is 0.722. The third-order valence-electron chi connectivity index (χ3n) is 0. The molecule has 24 valence electrons. The Morgan fingerprint density at radius 2 is 1.75 bits per heavy atom. The summed E-state index contributed by atoms with van der Waals surface area (Å²) in [6.07, 6.45) is 0. The standard InChI is InChI=1S/C2H5Cl.Ti/c1-2-3;/h2H2,1H3;. The van der Waals surface area contributed by atoms with Crippen LogP contribution in [-0.4, -0.2) is 5.88 Å².